The molecule has 0 saturated carbocycles. The molecule has 0 atom stereocenters. The van der Waals surface area contributed by atoms with Crippen LogP contribution in [0.1, 0.15) is 11.1 Å². The molecule has 2 aromatic rings. The second kappa shape index (κ2) is 7.24. The molecule has 2 aromatic carbocycles. The van der Waals surface area contributed by atoms with E-state index < -0.39 is 21.6 Å². The molecule has 0 bridgehead atoms. The molecular formula is C18H18O4S. The van der Waals surface area contributed by atoms with Gasteiger partial charge in [-0.15, -0.1) is 0 Å². The Labute approximate surface area is 136 Å². The molecule has 0 aliphatic rings. The minimum absolute atomic E-state index is 0.0966. The maximum atomic E-state index is 12.5. The smallest absolute Gasteiger partial charge is 0.334 e. The predicted molar refractivity (Wildman–Crippen MR) is 89.7 cm³/mol. The maximum Gasteiger partial charge on any atom is 0.334 e. The summed E-state index contributed by atoms with van der Waals surface area (Å²) in [5, 5.41) is 0. The summed E-state index contributed by atoms with van der Waals surface area (Å²) in [5.74, 6) is -1.05. The molecule has 23 heavy (non-hydrogen) atoms. The van der Waals surface area contributed by atoms with Crippen LogP contribution in [0.3, 0.4) is 0 Å². The van der Waals surface area contributed by atoms with Crippen LogP contribution in [-0.2, 0) is 19.4 Å². The molecular weight excluding hydrogens is 312 g/mol. The summed E-state index contributed by atoms with van der Waals surface area (Å²) in [4.78, 5) is 12.1. The van der Waals surface area contributed by atoms with E-state index in [9.17, 15) is 13.2 Å². The van der Waals surface area contributed by atoms with Crippen molar-refractivity contribution in [2.75, 3.05) is 12.9 Å². The Morgan fingerprint density at radius 2 is 1.65 bits per heavy atom. The number of aryl methyl sites for hydroxylation is 1. The van der Waals surface area contributed by atoms with Crippen molar-refractivity contribution in [3.63, 3.8) is 0 Å². The third-order valence-corrected chi connectivity index (χ3v) is 5.00. The molecule has 120 valence electrons. The zero-order valence-electron chi connectivity index (χ0n) is 13.0. The molecule has 4 nitrogen and oxygen atoms in total. The largest absolute Gasteiger partial charge is 0.466 e. The number of rotatable bonds is 5. The van der Waals surface area contributed by atoms with E-state index in [1.165, 1.54) is 13.2 Å². The van der Waals surface area contributed by atoms with Crippen LogP contribution in [-0.4, -0.2) is 27.2 Å². The normalized spacial score (nSPS) is 12.0. The van der Waals surface area contributed by atoms with Gasteiger partial charge in [0.05, 0.1) is 23.3 Å². The molecule has 0 saturated heterocycles. The van der Waals surface area contributed by atoms with Crippen molar-refractivity contribution in [1.82, 2.24) is 0 Å². The first-order valence-corrected chi connectivity index (χ1v) is 8.71. The Bertz CT molecular complexity index is 804. The number of benzene rings is 2. The summed E-state index contributed by atoms with van der Waals surface area (Å²) in [6.07, 6.45) is 1.54. The van der Waals surface area contributed by atoms with Crippen molar-refractivity contribution in [2.45, 2.75) is 11.8 Å². The number of carbonyl (C=O) groups is 1. The second-order valence-corrected chi connectivity index (χ2v) is 7.13. The van der Waals surface area contributed by atoms with Gasteiger partial charge >= 0.3 is 5.97 Å². The van der Waals surface area contributed by atoms with E-state index in [1.807, 2.05) is 25.1 Å². The van der Waals surface area contributed by atoms with E-state index in [1.54, 1.807) is 36.4 Å². The number of sulfone groups is 1. The minimum Gasteiger partial charge on any atom is -0.466 e. The van der Waals surface area contributed by atoms with Crippen LogP contribution in [0.25, 0.3) is 6.08 Å². The van der Waals surface area contributed by atoms with E-state index in [-0.39, 0.29) is 10.5 Å². The predicted octanol–water partition coefficient (Wildman–Crippen LogP) is 3.03. The molecule has 0 unspecified atom stereocenters. The highest BCUT2D eigenvalue weighted by atomic mass is 32.2. The van der Waals surface area contributed by atoms with Crippen molar-refractivity contribution >= 4 is 21.9 Å². The Kier molecular flexibility index (Phi) is 5.34. The fourth-order valence-electron chi connectivity index (χ4n) is 2.07. The third-order valence-electron chi connectivity index (χ3n) is 3.31. The zero-order valence-corrected chi connectivity index (χ0v) is 13.8. The lowest BCUT2D eigenvalue weighted by Gasteiger charge is -2.08. The van der Waals surface area contributed by atoms with Crippen LogP contribution in [0, 0.1) is 6.92 Å². The highest BCUT2D eigenvalue weighted by Crippen LogP contribution is 2.17. The highest BCUT2D eigenvalue weighted by Gasteiger charge is 2.21. The lowest BCUT2D eigenvalue weighted by Crippen LogP contribution is -2.16. The first-order chi connectivity index (χ1) is 10.9. The average molecular weight is 330 g/mol. The molecule has 0 radical (unpaired) electrons. The monoisotopic (exact) mass is 330 g/mol. The molecule has 0 spiro atoms. The average Bonchev–Trinajstić information content (AvgIpc) is 2.54. The van der Waals surface area contributed by atoms with Crippen molar-refractivity contribution < 1.29 is 17.9 Å². The first kappa shape index (κ1) is 17.0. The topological polar surface area (TPSA) is 60.4 Å². The quantitative estimate of drug-likeness (QED) is 0.624. The van der Waals surface area contributed by atoms with Crippen LogP contribution < -0.4 is 0 Å². The molecule has 0 aliphatic carbocycles. The molecule has 0 aliphatic heterocycles. The van der Waals surface area contributed by atoms with Gasteiger partial charge in [-0.3, -0.25) is 0 Å². The molecule has 5 heteroatoms. The summed E-state index contributed by atoms with van der Waals surface area (Å²) in [5.41, 5.74) is 1.81. The molecule has 0 amide bonds. The van der Waals surface area contributed by atoms with Gasteiger partial charge in [-0.1, -0.05) is 48.0 Å². The Hall–Kier alpha value is -2.40. The SMILES string of the molecule is COC(=O)/C(=C/c1ccccc1)CS(=O)(=O)c1ccc(C)cc1. The fourth-order valence-corrected chi connectivity index (χ4v) is 3.40. The molecule has 2 rings (SSSR count). The van der Waals surface area contributed by atoms with E-state index in [0.717, 1.165) is 11.1 Å². The Balaban J connectivity index is 2.36. The summed E-state index contributed by atoms with van der Waals surface area (Å²) in [7, 11) is -2.38. The van der Waals surface area contributed by atoms with Gasteiger partial charge in [-0.2, -0.15) is 0 Å². The van der Waals surface area contributed by atoms with Crippen LogP contribution >= 0.6 is 0 Å². The van der Waals surface area contributed by atoms with Crippen molar-refractivity contribution in [3.8, 4) is 0 Å². The summed E-state index contributed by atoms with van der Waals surface area (Å²) in [6, 6.07) is 15.6. The summed E-state index contributed by atoms with van der Waals surface area (Å²) >= 11 is 0. The van der Waals surface area contributed by atoms with Gasteiger partial charge in [0.25, 0.3) is 0 Å². The van der Waals surface area contributed by atoms with Crippen molar-refractivity contribution in [1.29, 1.82) is 0 Å². The minimum atomic E-state index is -3.62. The standard InChI is InChI=1S/C18H18O4S/c1-14-8-10-17(11-9-14)23(20,21)13-16(18(19)22-2)12-15-6-4-3-5-7-15/h3-12H,13H2,1-2H3/b16-12+. The first-order valence-electron chi connectivity index (χ1n) is 7.06. The zero-order chi connectivity index (χ0) is 16.9. The number of methoxy groups -OCH3 is 1. The van der Waals surface area contributed by atoms with E-state index in [4.69, 9.17) is 4.74 Å². The van der Waals surface area contributed by atoms with Gasteiger partial charge in [-0.05, 0) is 30.7 Å². The van der Waals surface area contributed by atoms with Crippen molar-refractivity contribution in [3.05, 3.63) is 71.3 Å². The van der Waals surface area contributed by atoms with E-state index in [0.29, 0.717) is 0 Å². The Morgan fingerprint density at radius 1 is 1.04 bits per heavy atom. The number of ether oxygens (including phenoxy) is 1. The lowest BCUT2D eigenvalue weighted by atomic mass is 10.1. The number of hydrogen-bond acceptors (Lipinski definition) is 4. The second-order valence-electron chi connectivity index (χ2n) is 5.14. The van der Waals surface area contributed by atoms with Crippen LogP contribution in [0.5, 0.6) is 0 Å². The third kappa shape index (κ3) is 4.53. The number of esters is 1. The molecule has 0 aromatic heterocycles. The highest BCUT2D eigenvalue weighted by molar-refractivity contribution is 7.91. The number of carbonyl (C=O) groups excluding carboxylic acids is 1. The Morgan fingerprint density at radius 3 is 2.22 bits per heavy atom. The van der Waals surface area contributed by atoms with Gasteiger partial charge < -0.3 is 4.74 Å². The van der Waals surface area contributed by atoms with Gasteiger partial charge in [-0.25, -0.2) is 13.2 Å². The summed E-state index contributed by atoms with van der Waals surface area (Å²) in [6.45, 7) is 1.88. The summed E-state index contributed by atoms with van der Waals surface area (Å²) < 4.78 is 29.7. The molecule has 0 heterocycles. The van der Waals surface area contributed by atoms with Crippen LogP contribution in [0.4, 0.5) is 0 Å². The van der Waals surface area contributed by atoms with Gasteiger partial charge in [0.2, 0.25) is 0 Å². The van der Waals surface area contributed by atoms with Gasteiger partial charge in [0.15, 0.2) is 9.84 Å². The molecule has 0 fully saturated rings. The van der Waals surface area contributed by atoms with Crippen LogP contribution in [0.15, 0.2) is 65.1 Å². The van der Waals surface area contributed by atoms with Crippen molar-refractivity contribution in [2.24, 2.45) is 0 Å². The molecule has 0 N–H and O–H groups in total. The van der Waals surface area contributed by atoms with Crippen LogP contribution in [0.2, 0.25) is 0 Å². The van der Waals surface area contributed by atoms with E-state index in [2.05, 4.69) is 0 Å². The fraction of sp³-hybridized carbons (Fsp3) is 0.167. The maximum absolute atomic E-state index is 12.5. The number of hydrogen-bond donors (Lipinski definition) is 0. The van der Waals surface area contributed by atoms with Gasteiger partial charge in [0.1, 0.15) is 0 Å². The van der Waals surface area contributed by atoms with E-state index >= 15 is 0 Å². The van der Waals surface area contributed by atoms with Gasteiger partial charge in [0, 0.05) is 0 Å². The lowest BCUT2D eigenvalue weighted by molar-refractivity contribution is -0.135.